The zero-order valence-electron chi connectivity index (χ0n) is 6.57. The second kappa shape index (κ2) is 1.85. The van der Waals surface area contributed by atoms with E-state index >= 15 is 0 Å². The summed E-state index contributed by atoms with van der Waals surface area (Å²) in [7, 11) is 0. The van der Waals surface area contributed by atoms with E-state index in [0.717, 1.165) is 0 Å². The van der Waals surface area contributed by atoms with Gasteiger partial charge in [0.2, 0.25) is 0 Å². The molecule has 0 aromatic carbocycles. The zero-order chi connectivity index (χ0) is 7.14. The van der Waals surface area contributed by atoms with Gasteiger partial charge in [-0.15, -0.1) is 0 Å². The summed E-state index contributed by atoms with van der Waals surface area (Å²) in [5, 5.41) is 0. The Kier molecular flexibility index (Phi) is 1.10. The molecule has 2 rings (SSSR count). The molecule has 0 heterocycles. The third-order valence-electron chi connectivity index (χ3n) is 2.58. The third kappa shape index (κ3) is 0.620. The molecule has 0 atom stereocenters. The van der Waals surface area contributed by atoms with Gasteiger partial charge < -0.3 is 0 Å². The molecular formula is C10H12. The average molecular weight is 132 g/mol. The first kappa shape index (κ1) is 5.96. The SMILES string of the molecule is CC1=C(C)C2=CC1=CCC2. The highest BCUT2D eigenvalue weighted by molar-refractivity contribution is 5.58. The van der Waals surface area contributed by atoms with Crippen LogP contribution < -0.4 is 0 Å². The lowest BCUT2D eigenvalue weighted by Crippen LogP contribution is -1.83. The van der Waals surface area contributed by atoms with Crippen LogP contribution in [0.25, 0.3) is 0 Å². The maximum atomic E-state index is 2.34. The van der Waals surface area contributed by atoms with Crippen molar-refractivity contribution in [1.29, 1.82) is 0 Å². The molecule has 2 aliphatic rings. The van der Waals surface area contributed by atoms with Crippen LogP contribution in [0.2, 0.25) is 0 Å². The topological polar surface area (TPSA) is 0 Å². The number of allylic oxidation sites excluding steroid dienone is 6. The summed E-state index contributed by atoms with van der Waals surface area (Å²) in [5.41, 5.74) is 6.05. The van der Waals surface area contributed by atoms with Crippen LogP contribution in [0, 0.1) is 0 Å². The number of rotatable bonds is 0. The van der Waals surface area contributed by atoms with Crippen LogP contribution >= 0.6 is 0 Å². The monoisotopic (exact) mass is 132 g/mol. The highest BCUT2D eigenvalue weighted by atomic mass is 14.2. The van der Waals surface area contributed by atoms with Crippen molar-refractivity contribution in [2.45, 2.75) is 26.7 Å². The predicted octanol–water partition coefficient (Wildman–Crippen LogP) is 2.98. The molecule has 0 saturated carbocycles. The largest absolute Gasteiger partial charge is 0.0766 e. The van der Waals surface area contributed by atoms with Crippen molar-refractivity contribution in [3.8, 4) is 0 Å². The minimum atomic E-state index is 1.25. The highest BCUT2D eigenvalue weighted by Crippen LogP contribution is 2.36. The van der Waals surface area contributed by atoms with Crippen molar-refractivity contribution in [3.63, 3.8) is 0 Å². The van der Waals surface area contributed by atoms with E-state index in [-0.39, 0.29) is 0 Å². The first-order valence-corrected chi connectivity index (χ1v) is 3.88. The van der Waals surface area contributed by atoms with Crippen LogP contribution in [0.1, 0.15) is 26.7 Å². The fourth-order valence-corrected chi connectivity index (χ4v) is 1.72. The van der Waals surface area contributed by atoms with E-state index in [0.29, 0.717) is 0 Å². The molecule has 0 aromatic rings. The average Bonchev–Trinajstić information content (AvgIpc) is 2.17. The molecular weight excluding hydrogens is 120 g/mol. The second-order valence-corrected chi connectivity index (χ2v) is 3.12. The van der Waals surface area contributed by atoms with Gasteiger partial charge in [0.15, 0.2) is 0 Å². The fraction of sp³-hybridized carbons (Fsp3) is 0.400. The number of fused-ring (bicyclic) bond motifs is 1. The second-order valence-electron chi connectivity index (χ2n) is 3.12. The minimum Gasteiger partial charge on any atom is -0.0766 e. The molecule has 2 bridgehead atoms. The van der Waals surface area contributed by atoms with Crippen molar-refractivity contribution in [3.05, 3.63) is 34.4 Å². The molecule has 0 N–H and O–H groups in total. The van der Waals surface area contributed by atoms with Crippen molar-refractivity contribution in [2.24, 2.45) is 0 Å². The first-order chi connectivity index (χ1) is 4.79. The van der Waals surface area contributed by atoms with Gasteiger partial charge in [-0.2, -0.15) is 0 Å². The Labute approximate surface area is 61.9 Å². The first-order valence-electron chi connectivity index (χ1n) is 3.88. The Hall–Kier alpha value is -0.780. The zero-order valence-corrected chi connectivity index (χ0v) is 6.57. The van der Waals surface area contributed by atoms with Crippen LogP contribution in [-0.4, -0.2) is 0 Å². The third-order valence-corrected chi connectivity index (χ3v) is 2.58. The van der Waals surface area contributed by atoms with Gasteiger partial charge in [-0.1, -0.05) is 12.2 Å². The van der Waals surface area contributed by atoms with Gasteiger partial charge >= 0.3 is 0 Å². The fourth-order valence-electron chi connectivity index (χ4n) is 1.72. The van der Waals surface area contributed by atoms with Gasteiger partial charge in [0.1, 0.15) is 0 Å². The molecule has 0 saturated heterocycles. The Bertz CT molecular complexity index is 262. The maximum Gasteiger partial charge on any atom is -0.0241 e. The lowest BCUT2D eigenvalue weighted by Gasteiger charge is -2.02. The smallest absolute Gasteiger partial charge is 0.0241 e. The van der Waals surface area contributed by atoms with Crippen LogP contribution in [0.15, 0.2) is 34.4 Å². The lowest BCUT2D eigenvalue weighted by atomic mass is 10.0. The van der Waals surface area contributed by atoms with E-state index in [4.69, 9.17) is 0 Å². The summed E-state index contributed by atoms with van der Waals surface area (Å²) in [6, 6.07) is 0. The molecule has 0 unspecified atom stereocenters. The summed E-state index contributed by atoms with van der Waals surface area (Å²) in [4.78, 5) is 0. The molecule has 52 valence electrons. The highest BCUT2D eigenvalue weighted by Gasteiger charge is 2.17. The minimum absolute atomic E-state index is 1.25. The van der Waals surface area contributed by atoms with E-state index in [1.807, 2.05) is 0 Å². The molecule has 0 amide bonds. The van der Waals surface area contributed by atoms with Crippen molar-refractivity contribution >= 4 is 0 Å². The Balaban J connectivity index is 2.55. The van der Waals surface area contributed by atoms with E-state index < -0.39 is 0 Å². The van der Waals surface area contributed by atoms with Gasteiger partial charge in [-0.25, -0.2) is 0 Å². The Morgan fingerprint density at radius 2 is 2.00 bits per heavy atom. The normalized spacial score (nSPS) is 23.0. The summed E-state index contributed by atoms with van der Waals surface area (Å²) in [6.45, 7) is 4.45. The van der Waals surface area contributed by atoms with Crippen LogP contribution in [0.5, 0.6) is 0 Å². The molecule has 0 spiro atoms. The van der Waals surface area contributed by atoms with Crippen molar-refractivity contribution < 1.29 is 0 Å². The standard InChI is InChI=1S/C10H12/c1-7-8(2)10-5-3-4-9(7)6-10/h4,6H,3,5H2,1-2H3. The van der Waals surface area contributed by atoms with Crippen molar-refractivity contribution in [1.82, 2.24) is 0 Å². The maximum absolute atomic E-state index is 2.34. The molecule has 0 nitrogen and oxygen atoms in total. The summed E-state index contributed by atoms with van der Waals surface area (Å²) >= 11 is 0. The summed E-state index contributed by atoms with van der Waals surface area (Å²) in [6.07, 6.45) is 7.17. The van der Waals surface area contributed by atoms with Gasteiger partial charge in [-0.3, -0.25) is 0 Å². The van der Waals surface area contributed by atoms with E-state index in [1.165, 1.54) is 29.6 Å². The molecule has 0 aliphatic heterocycles. The van der Waals surface area contributed by atoms with Gasteiger partial charge in [0.05, 0.1) is 0 Å². The van der Waals surface area contributed by atoms with E-state index in [9.17, 15) is 0 Å². The van der Waals surface area contributed by atoms with Gasteiger partial charge in [0, 0.05) is 0 Å². The molecule has 0 heteroatoms. The van der Waals surface area contributed by atoms with E-state index in [2.05, 4.69) is 26.0 Å². The predicted molar refractivity (Wildman–Crippen MR) is 43.8 cm³/mol. The van der Waals surface area contributed by atoms with Gasteiger partial charge in [0.25, 0.3) is 0 Å². The molecule has 0 aromatic heterocycles. The van der Waals surface area contributed by atoms with Crippen LogP contribution in [0.4, 0.5) is 0 Å². The number of hydrogen-bond acceptors (Lipinski definition) is 0. The Morgan fingerprint density at radius 3 is 2.60 bits per heavy atom. The number of hydrogen-bond donors (Lipinski definition) is 0. The Morgan fingerprint density at radius 1 is 1.20 bits per heavy atom. The lowest BCUT2D eigenvalue weighted by molar-refractivity contribution is 0.978. The van der Waals surface area contributed by atoms with Gasteiger partial charge in [-0.05, 0) is 49.0 Å². The molecule has 2 aliphatic carbocycles. The summed E-state index contributed by atoms with van der Waals surface area (Å²) in [5.74, 6) is 0. The molecule has 10 heavy (non-hydrogen) atoms. The van der Waals surface area contributed by atoms with E-state index in [1.54, 1.807) is 5.57 Å². The molecule has 0 radical (unpaired) electrons. The summed E-state index contributed by atoms with van der Waals surface area (Å²) < 4.78 is 0. The van der Waals surface area contributed by atoms with Crippen LogP contribution in [-0.2, 0) is 0 Å². The van der Waals surface area contributed by atoms with Crippen molar-refractivity contribution in [2.75, 3.05) is 0 Å². The van der Waals surface area contributed by atoms with Crippen LogP contribution in [0.3, 0.4) is 0 Å². The quantitative estimate of drug-likeness (QED) is 0.475. The molecule has 0 fully saturated rings.